The number of carbonyl (C=O) groups is 1. The molecular weight excluding hydrogens is 316 g/mol. The third-order valence-corrected chi connectivity index (χ3v) is 4.40. The van der Waals surface area contributed by atoms with Crippen LogP contribution in [0.1, 0.15) is 30.2 Å². The predicted octanol–water partition coefficient (Wildman–Crippen LogP) is 1.64. The molecule has 132 valence electrons. The van der Waals surface area contributed by atoms with Gasteiger partial charge in [0.05, 0.1) is 0 Å². The van der Waals surface area contributed by atoms with Crippen LogP contribution in [0.5, 0.6) is 0 Å². The third-order valence-electron chi connectivity index (χ3n) is 4.40. The van der Waals surface area contributed by atoms with Crippen molar-refractivity contribution in [1.82, 2.24) is 14.9 Å². The number of aromatic nitrogens is 2. The Balaban J connectivity index is 1.90. The third kappa shape index (κ3) is 3.90. The summed E-state index contributed by atoms with van der Waals surface area (Å²) in [5, 5.41) is 2.82. The van der Waals surface area contributed by atoms with Gasteiger partial charge in [-0.15, -0.1) is 0 Å². The SMILES string of the molecule is CCCNC(=O)Cn1c(N2CCc3ccccc3C2)nc(C)cc1=O. The van der Waals surface area contributed by atoms with Crippen molar-refractivity contribution in [1.29, 1.82) is 0 Å². The lowest BCUT2D eigenvalue weighted by atomic mass is 10.0. The van der Waals surface area contributed by atoms with Gasteiger partial charge in [0.1, 0.15) is 6.54 Å². The molecule has 0 aliphatic carbocycles. The maximum atomic E-state index is 12.5. The van der Waals surface area contributed by atoms with E-state index in [0.717, 1.165) is 19.4 Å². The average molecular weight is 340 g/mol. The zero-order chi connectivity index (χ0) is 17.8. The number of nitrogens with one attached hydrogen (secondary N) is 1. The molecule has 0 saturated carbocycles. The van der Waals surface area contributed by atoms with Crippen LogP contribution in [0.15, 0.2) is 35.1 Å². The van der Waals surface area contributed by atoms with E-state index in [-0.39, 0.29) is 18.0 Å². The van der Waals surface area contributed by atoms with Gasteiger partial charge in [0.25, 0.3) is 5.56 Å². The molecule has 0 bridgehead atoms. The first-order valence-electron chi connectivity index (χ1n) is 8.75. The van der Waals surface area contributed by atoms with Gasteiger partial charge in [-0.1, -0.05) is 31.2 Å². The number of hydrogen-bond acceptors (Lipinski definition) is 4. The standard InChI is InChI=1S/C19H24N4O2/c1-3-9-20-17(24)13-23-18(25)11-14(2)21-19(23)22-10-8-15-6-4-5-7-16(15)12-22/h4-7,11H,3,8-10,12-13H2,1-2H3,(H,20,24). The van der Waals surface area contributed by atoms with Gasteiger partial charge in [0, 0.05) is 31.4 Å². The van der Waals surface area contributed by atoms with Crippen LogP contribution in [0.2, 0.25) is 0 Å². The Morgan fingerprint density at radius 2 is 2.04 bits per heavy atom. The lowest BCUT2D eigenvalue weighted by Crippen LogP contribution is -2.39. The van der Waals surface area contributed by atoms with Crippen molar-refractivity contribution in [2.45, 2.75) is 39.8 Å². The van der Waals surface area contributed by atoms with E-state index in [9.17, 15) is 9.59 Å². The van der Waals surface area contributed by atoms with E-state index in [1.54, 1.807) is 0 Å². The maximum Gasteiger partial charge on any atom is 0.255 e. The molecule has 1 amide bonds. The summed E-state index contributed by atoms with van der Waals surface area (Å²) >= 11 is 0. The molecule has 2 aromatic rings. The summed E-state index contributed by atoms with van der Waals surface area (Å²) in [6, 6.07) is 9.80. The van der Waals surface area contributed by atoms with Crippen molar-refractivity contribution in [3.63, 3.8) is 0 Å². The zero-order valence-corrected chi connectivity index (χ0v) is 14.8. The average Bonchev–Trinajstić information content (AvgIpc) is 2.61. The Hall–Kier alpha value is -2.63. The van der Waals surface area contributed by atoms with Crippen LogP contribution in [-0.4, -0.2) is 28.5 Å². The van der Waals surface area contributed by atoms with Gasteiger partial charge < -0.3 is 10.2 Å². The molecule has 1 aliphatic rings. The second kappa shape index (κ2) is 7.51. The molecule has 1 aromatic carbocycles. The highest BCUT2D eigenvalue weighted by Crippen LogP contribution is 2.22. The Morgan fingerprint density at radius 1 is 1.28 bits per heavy atom. The lowest BCUT2D eigenvalue weighted by molar-refractivity contribution is -0.121. The van der Waals surface area contributed by atoms with Gasteiger partial charge in [-0.2, -0.15) is 0 Å². The number of nitrogens with zero attached hydrogens (tertiary/aromatic N) is 3. The van der Waals surface area contributed by atoms with Crippen molar-refractivity contribution in [3.05, 3.63) is 57.5 Å². The Morgan fingerprint density at radius 3 is 2.80 bits per heavy atom. The van der Waals surface area contributed by atoms with Crippen LogP contribution in [0, 0.1) is 6.92 Å². The van der Waals surface area contributed by atoms with Gasteiger partial charge in [0.2, 0.25) is 11.9 Å². The van der Waals surface area contributed by atoms with E-state index < -0.39 is 0 Å². The summed E-state index contributed by atoms with van der Waals surface area (Å²) in [5.41, 5.74) is 3.06. The fraction of sp³-hybridized carbons (Fsp3) is 0.421. The Kier molecular flexibility index (Phi) is 5.16. The normalized spacial score (nSPS) is 13.4. The first kappa shape index (κ1) is 17.2. The molecule has 3 rings (SSSR count). The molecule has 6 heteroatoms. The lowest BCUT2D eigenvalue weighted by Gasteiger charge is -2.31. The van der Waals surface area contributed by atoms with E-state index in [0.29, 0.717) is 24.7 Å². The van der Waals surface area contributed by atoms with E-state index >= 15 is 0 Å². The molecule has 0 radical (unpaired) electrons. The summed E-state index contributed by atoms with van der Waals surface area (Å²) < 4.78 is 1.48. The summed E-state index contributed by atoms with van der Waals surface area (Å²) in [6.45, 7) is 5.89. The molecule has 6 nitrogen and oxygen atoms in total. The van der Waals surface area contributed by atoms with Crippen molar-refractivity contribution < 1.29 is 4.79 Å². The van der Waals surface area contributed by atoms with Gasteiger partial charge in [-0.05, 0) is 30.9 Å². The van der Waals surface area contributed by atoms with Gasteiger partial charge in [-0.3, -0.25) is 14.2 Å². The molecule has 0 atom stereocenters. The zero-order valence-electron chi connectivity index (χ0n) is 14.8. The molecule has 0 saturated heterocycles. The fourth-order valence-electron chi connectivity index (χ4n) is 3.13. The fourth-order valence-corrected chi connectivity index (χ4v) is 3.13. The Bertz CT molecular complexity index is 828. The summed E-state index contributed by atoms with van der Waals surface area (Å²) in [6.07, 6.45) is 1.77. The van der Waals surface area contributed by atoms with E-state index in [2.05, 4.69) is 27.3 Å². The number of rotatable bonds is 5. The van der Waals surface area contributed by atoms with Crippen LogP contribution < -0.4 is 15.8 Å². The van der Waals surface area contributed by atoms with Crippen LogP contribution >= 0.6 is 0 Å². The topological polar surface area (TPSA) is 67.2 Å². The summed E-state index contributed by atoms with van der Waals surface area (Å²) in [7, 11) is 0. The van der Waals surface area contributed by atoms with Crippen LogP contribution in [0.25, 0.3) is 0 Å². The van der Waals surface area contributed by atoms with Crippen molar-refractivity contribution >= 4 is 11.9 Å². The quantitative estimate of drug-likeness (QED) is 0.898. The minimum atomic E-state index is -0.187. The summed E-state index contributed by atoms with van der Waals surface area (Å²) in [5.74, 6) is 0.416. The van der Waals surface area contributed by atoms with E-state index in [1.807, 2.05) is 26.0 Å². The first-order valence-corrected chi connectivity index (χ1v) is 8.75. The van der Waals surface area contributed by atoms with Crippen LogP contribution in [-0.2, 0) is 24.3 Å². The molecule has 25 heavy (non-hydrogen) atoms. The van der Waals surface area contributed by atoms with Gasteiger partial charge >= 0.3 is 0 Å². The number of aryl methyl sites for hydroxylation is 1. The molecular formula is C19H24N4O2. The largest absolute Gasteiger partial charge is 0.355 e. The molecule has 1 aliphatic heterocycles. The van der Waals surface area contributed by atoms with E-state index in [4.69, 9.17) is 0 Å². The number of anilines is 1. The number of hydrogen-bond donors (Lipinski definition) is 1. The second-order valence-corrected chi connectivity index (χ2v) is 6.41. The first-order chi connectivity index (χ1) is 12.1. The molecule has 0 fully saturated rings. The maximum absolute atomic E-state index is 12.5. The Labute approximate surface area is 147 Å². The van der Waals surface area contributed by atoms with Crippen LogP contribution in [0.4, 0.5) is 5.95 Å². The second-order valence-electron chi connectivity index (χ2n) is 6.41. The minimum absolute atomic E-state index is 0.000403. The molecule has 1 N–H and O–H groups in total. The number of carbonyl (C=O) groups excluding carboxylic acids is 1. The minimum Gasteiger partial charge on any atom is -0.355 e. The molecule has 1 aromatic heterocycles. The molecule has 0 spiro atoms. The van der Waals surface area contributed by atoms with Gasteiger partial charge in [0.15, 0.2) is 0 Å². The highest BCUT2D eigenvalue weighted by Gasteiger charge is 2.21. The predicted molar refractivity (Wildman–Crippen MR) is 97.7 cm³/mol. The monoisotopic (exact) mass is 340 g/mol. The van der Waals surface area contributed by atoms with Crippen molar-refractivity contribution in [2.75, 3.05) is 18.0 Å². The molecule has 2 heterocycles. The number of amides is 1. The number of benzene rings is 1. The van der Waals surface area contributed by atoms with Crippen molar-refractivity contribution in [2.24, 2.45) is 0 Å². The van der Waals surface area contributed by atoms with Crippen LogP contribution in [0.3, 0.4) is 0 Å². The molecule has 0 unspecified atom stereocenters. The number of fused-ring (bicyclic) bond motifs is 1. The van der Waals surface area contributed by atoms with Crippen molar-refractivity contribution in [3.8, 4) is 0 Å². The highest BCUT2D eigenvalue weighted by molar-refractivity contribution is 5.76. The summed E-state index contributed by atoms with van der Waals surface area (Å²) in [4.78, 5) is 31.3. The highest BCUT2D eigenvalue weighted by atomic mass is 16.2. The van der Waals surface area contributed by atoms with E-state index in [1.165, 1.54) is 21.8 Å². The smallest absolute Gasteiger partial charge is 0.255 e. The van der Waals surface area contributed by atoms with Gasteiger partial charge in [-0.25, -0.2) is 4.98 Å².